The molecule has 7 heteroatoms. The first-order chi connectivity index (χ1) is 15.5. The number of urea groups is 1. The number of carbonyl (C=O) groups is 2. The fourth-order valence-corrected chi connectivity index (χ4v) is 3.87. The fraction of sp³-hybridized carbons (Fsp3) is 0.440. The highest BCUT2D eigenvalue weighted by molar-refractivity contribution is 5.99. The number of benzene rings is 2. The molecule has 1 fully saturated rings. The number of amides is 3. The molecule has 172 valence electrons. The van der Waals surface area contributed by atoms with Gasteiger partial charge in [0.2, 0.25) is 5.91 Å². The van der Waals surface area contributed by atoms with Gasteiger partial charge in [0.05, 0.1) is 0 Å². The first-order valence-corrected chi connectivity index (χ1v) is 11.5. The lowest BCUT2D eigenvalue weighted by Crippen LogP contribution is -2.48. The monoisotopic (exact) mass is 440 g/mol. The summed E-state index contributed by atoms with van der Waals surface area (Å²) in [5.74, 6) is -0.133. The summed E-state index contributed by atoms with van der Waals surface area (Å²) >= 11 is 0. The number of piperazine rings is 1. The summed E-state index contributed by atoms with van der Waals surface area (Å²) in [5, 5.41) is 5.36. The van der Waals surface area contributed by atoms with Gasteiger partial charge < -0.3 is 20.4 Å². The molecule has 1 aliphatic rings. The summed E-state index contributed by atoms with van der Waals surface area (Å²) in [5.41, 5.74) is 2.11. The van der Waals surface area contributed by atoms with Gasteiger partial charge in [0.25, 0.3) is 0 Å². The van der Waals surface area contributed by atoms with Gasteiger partial charge >= 0.3 is 6.03 Å². The van der Waals surface area contributed by atoms with E-state index in [0.717, 1.165) is 44.7 Å². The van der Waals surface area contributed by atoms with Crippen molar-refractivity contribution in [2.24, 2.45) is 0 Å². The Kier molecular flexibility index (Phi) is 8.90. The summed E-state index contributed by atoms with van der Waals surface area (Å²) in [7, 11) is 0. The molecule has 0 aliphatic carbocycles. The van der Waals surface area contributed by atoms with E-state index in [4.69, 9.17) is 0 Å². The van der Waals surface area contributed by atoms with Crippen molar-refractivity contribution < 1.29 is 14.0 Å². The molecule has 0 saturated carbocycles. The van der Waals surface area contributed by atoms with Crippen LogP contribution in [-0.4, -0.2) is 43.0 Å². The van der Waals surface area contributed by atoms with Crippen LogP contribution in [-0.2, 0) is 4.79 Å². The molecular formula is C25H33FN4O2. The molecule has 3 amide bonds. The first-order valence-electron chi connectivity index (χ1n) is 11.5. The van der Waals surface area contributed by atoms with Crippen LogP contribution in [0.2, 0.25) is 0 Å². The number of nitrogens with zero attached hydrogens (tertiary/aromatic N) is 2. The molecule has 2 N–H and O–H groups in total. The molecule has 0 unspecified atom stereocenters. The van der Waals surface area contributed by atoms with E-state index in [0.29, 0.717) is 17.8 Å². The van der Waals surface area contributed by atoms with Gasteiger partial charge in [0, 0.05) is 49.7 Å². The standard InChI is InChI=1S/C25H33FN4O2/c1-2-3-4-5-6-10-24(31)30-17-15-29(16-18-30)23-13-11-21(12-14-23)27-25(32)28-22-9-7-8-20(26)19-22/h7-9,11-14,19H,2-6,10,15-18H2,1H3,(H2,27,28,32). The topological polar surface area (TPSA) is 64.7 Å². The van der Waals surface area contributed by atoms with Crippen molar-refractivity contribution in [2.75, 3.05) is 41.7 Å². The number of rotatable bonds is 9. The second kappa shape index (κ2) is 12.1. The lowest BCUT2D eigenvalue weighted by molar-refractivity contribution is -0.131. The van der Waals surface area contributed by atoms with Gasteiger partial charge in [-0.1, -0.05) is 38.7 Å². The molecule has 1 heterocycles. The second-order valence-corrected chi connectivity index (χ2v) is 8.17. The number of nitrogens with one attached hydrogen (secondary N) is 2. The van der Waals surface area contributed by atoms with E-state index in [1.807, 2.05) is 29.2 Å². The second-order valence-electron chi connectivity index (χ2n) is 8.17. The van der Waals surface area contributed by atoms with Gasteiger partial charge in [-0.05, 0) is 48.9 Å². The minimum absolute atomic E-state index is 0.269. The number of anilines is 3. The molecule has 2 aromatic rings. The van der Waals surface area contributed by atoms with Gasteiger partial charge in [0.15, 0.2) is 0 Å². The summed E-state index contributed by atoms with van der Waals surface area (Å²) in [6.45, 7) is 5.28. The highest BCUT2D eigenvalue weighted by Crippen LogP contribution is 2.20. The van der Waals surface area contributed by atoms with Crippen molar-refractivity contribution in [3.05, 3.63) is 54.3 Å². The van der Waals surface area contributed by atoms with E-state index in [1.165, 1.54) is 31.4 Å². The Morgan fingerprint density at radius 3 is 2.25 bits per heavy atom. The van der Waals surface area contributed by atoms with Crippen molar-refractivity contribution in [3.63, 3.8) is 0 Å². The lowest BCUT2D eigenvalue weighted by atomic mass is 10.1. The minimum atomic E-state index is -0.426. The van der Waals surface area contributed by atoms with Gasteiger partial charge in [-0.25, -0.2) is 9.18 Å². The van der Waals surface area contributed by atoms with E-state index < -0.39 is 11.8 Å². The molecule has 32 heavy (non-hydrogen) atoms. The molecule has 0 atom stereocenters. The van der Waals surface area contributed by atoms with Crippen LogP contribution in [0, 0.1) is 5.82 Å². The third kappa shape index (κ3) is 7.25. The molecule has 1 saturated heterocycles. The Bertz CT molecular complexity index is 880. The Morgan fingerprint density at radius 1 is 0.875 bits per heavy atom. The quantitative estimate of drug-likeness (QED) is 0.508. The normalized spacial score (nSPS) is 13.7. The maximum absolute atomic E-state index is 13.2. The van der Waals surface area contributed by atoms with Gasteiger partial charge in [0.1, 0.15) is 5.82 Å². The van der Waals surface area contributed by atoms with Crippen molar-refractivity contribution in [1.82, 2.24) is 4.90 Å². The Labute approximate surface area is 189 Å². The Morgan fingerprint density at radius 2 is 1.56 bits per heavy atom. The van der Waals surface area contributed by atoms with Crippen LogP contribution in [0.25, 0.3) is 0 Å². The minimum Gasteiger partial charge on any atom is -0.368 e. The van der Waals surface area contributed by atoms with Crippen LogP contribution in [0.1, 0.15) is 45.4 Å². The van der Waals surface area contributed by atoms with Crippen molar-refractivity contribution in [1.29, 1.82) is 0 Å². The summed E-state index contributed by atoms with van der Waals surface area (Å²) < 4.78 is 13.2. The molecule has 6 nitrogen and oxygen atoms in total. The first kappa shape index (κ1) is 23.6. The summed E-state index contributed by atoms with van der Waals surface area (Å²) in [4.78, 5) is 28.8. The summed E-state index contributed by atoms with van der Waals surface area (Å²) in [6.07, 6.45) is 6.46. The predicted octanol–water partition coefficient (Wildman–Crippen LogP) is 5.48. The van der Waals surface area contributed by atoms with Gasteiger partial charge in [-0.3, -0.25) is 4.79 Å². The average Bonchev–Trinajstić information content (AvgIpc) is 2.79. The molecule has 0 spiro atoms. The smallest absolute Gasteiger partial charge is 0.323 e. The van der Waals surface area contributed by atoms with Crippen LogP contribution >= 0.6 is 0 Å². The number of unbranched alkanes of at least 4 members (excludes halogenated alkanes) is 4. The van der Waals surface area contributed by atoms with Gasteiger partial charge in [-0.15, -0.1) is 0 Å². The average molecular weight is 441 g/mol. The van der Waals surface area contributed by atoms with E-state index in [9.17, 15) is 14.0 Å². The maximum atomic E-state index is 13.2. The third-order valence-electron chi connectivity index (χ3n) is 5.70. The Balaban J connectivity index is 1.41. The highest BCUT2D eigenvalue weighted by Gasteiger charge is 2.20. The molecule has 0 radical (unpaired) electrons. The zero-order valence-corrected chi connectivity index (χ0v) is 18.8. The number of halogens is 1. The fourth-order valence-electron chi connectivity index (χ4n) is 3.87. The zero-order chi connectivity index (χ0) is 22.8. The molecule has 0 aromatic heterocycles. The van der Waals surface area contributed by atoms with Crippen LogP contribution in [0.15, 0.2) is 48.5 Å². The highest BCUT2D eigenvalue weighted by atomic mass is 19.1. The maximum Gasteiger partial charge on any atom is 0.323 e. The number of carbonyl (C=O) groups excluding carboxylic acids is 2. The van der Waals surface area contributed by atoms with Crippen LogP contribution in [0.5, 0.6) is 0 Å². The van der Waals surface area contributed by atoms with Crippen LogP contribution in [0.3, 0.4) is 0 Å². The zero-order valence-electron chi connectivity index (χ0n) is 18.8. The SMILES string of the molecule is CCCCCCCC(=O)N1CCN(c2ccc(NC(=O)Nc3cccc(F)c3)cc2)CC1. The van der Waals surface area contributed by atoms with E-state index in [1.54, 1.807) is 12.1 Å². The molecule has 1 aliphatic heterocycles. The predicted molar refractivity (Wildman–Crippen MR) is 128 cm³/mol. The van der Waals surface area contributed by atoms with Crippen LogP contribution in [0.4, 0.5) is 26.2 Å². The Hall–Kier alpha value is -3.09. The number of hydrogen-bond donors (Lipinski definition) is 2. The van der Waals surface area contributed by atoms with Crippen molar-refractivity contribution >= 4 is 29.0 Å². The molecule has 0 bridgehead atoms. The van der Waals surface area contributed by atoms with Crippen LogP contribution < -0.4 is 15.5 Å². The lowest BCUT2D eigenvalue weighted by Gasteiger charge is -2.36. The van der Waals surface area contributed by atoms with Crippen molar-refractivity contribution in [2.45, 2.75) is 45.4 Å². The number of hydrogen-bond acceptors (Lipinski definition) is 3. The molecule has 2 aromatic carbocycles. The molecular weight excluding hydrogens is 407 g/mol. The van der Waals surface area contributed by atoms with Gasteiger partial charge in [-0.2, -0.15) is 0 Å². The molecule has 3 rings (SSSR count). The largest absolute Gasteiger partial charge is 0.368 e. The van der Waals surface area contributed by atoms with Crippen molar-refractivity contribution in [3.8, 4) is 0 Å². The van der Waals surface area contributed by atoms with E-state index in [-0.39, 0.29) is 5.91 Å². The summed E-state index contributed by atoms with van der Waals surface area (Å²) in [6, 6.07) is 12.9. The van der Waals surface area contributed by atoms with E-state index in [2.05, 4.69) is 22.5 Å². The third-order valence-corrected chi connectivity index (χ3v) is 5.70. The van der Waals surface area contributed by atoms with E-state index >= 15 is 0 Å².